The summed E-state index contributed by atoms with van der Waals surface area (Å²) < 4.78 is 0. The molecule has 130 valence electrons. The fourth-order valence-corrected chi connectivity index (χ4v) is 6.62. The molecule has 4 aliphatic carbocycles. The molecule has 9 atom stereocenters. The Hall–Kier alpha value is -0.420. The molecule has 0 heterocycles. The Kier molecular flexibility index (Phi) is 3.52. The van der Waals surface area contributed by atoms with E-state index in [4.69, 9.17) is 0 Å². The number of hydrogen-bond acceptors (Lipinski definition) is 4. The van der Waals surface area contributed by atoms with Crippen molar-refractivity contribution < 1.29 is 20.4 Å². The second kappa shape index (κ2) is 5.04. The Morgan fingerprint density at radius 2 is 1.74 bits per heavy atom. The molecular formula is C19H30O4. The third-order valence-electron chi connectivity index (χ3n) is 8.08. The van der Waals surface area contributed by atoms with Gasteiger partial charge < -0.3 is 20.4 Å². The Morgan fingerprint density at radius 1 is 1.00 bits per heavy atom. The van der Waals surface area contributed by atoms with Crippen LogP contribution in [-0.4, -0.2) is 44.8 Å². The first-order valence-corrected chi connectivity index (χ1v) is 9.21. The molecule has 0 aromatic heterocycles. The maximum absolute atomic E-state index is 10.9. The molecule has 0 aromatic rings. The van der Waals surface area contributed by atoms with E-state index in [1.165, 1.54) is 5.57 Å². The summed E-state index contributed by atoms with van der Waals surface area (Å²) in [5.41, 5.74) is 1.01. The third-order valence-corrected chi connectivity index (χ3v) is 8.08. The maximum Gasteiger partial charge on any atom is 0.0855 e. The standard InChI is InChI=1S/C19H30O4/c1-18-5-3-11(20)7-10(18)8-14(21)16-12(18)4-6-19(2)13(16)9-15(22)17(19)23/h8,11-17,20-23H,3-7,9H2,1-2H3/t11?,12-,13-,14-,15+,16+,17-,18-,19-/m0/s1. The molecule has 0 spiro atoms. The van der Waals surface area contributed by atoms with Crippen LogP contribution < -0.4 is 0 Å². The molecule has 3 saturated carbocycles. The highest BCUT2D eigenvalue weighted by atomic mass is 16.3. The van der Waals surface area contributed by atoms with E-state index in [1.807, 2.05) is 6.08 Å². The largest absolute Gasteiger partial charge is 0.393 e. The van der Waals surface area contributed by atoms with E-state index in [9.17, 15) is 20.4 Å². The summed E-state index contributed by atoms with van der Waals surface area (Å²) in [6.45, 7) is 4.40. The van der Waals surface area contributed by atoms with Crippen molar-refractivity contribution in [2.75, 3.05) is 0 Å². The predicted molar refractivity (Wildman–Crippen MR) is 86.5 cm³/mol. The summed E-state index contributed by atoms with van der Waals surface area (Å²) in [4.78, 5) is 0. The summed E-state index contributed by atoms with van der Waals surface area (Å²) in [5, 5.41) is 41.6. The minimum Gasteiger partial charge on any atom is -0.393 e. The summed E-state index contributed by atoms with van der Waals surface area (Å²) >= 11 is 0. The highest BCUT2D eigenvalue weighted by Gasteiger charge is 2.62. The molecule has 4 aliphatic rings. The first-order valence-electron chi connectivity index (χ1n) is 9.21. The van der Waals surface area contributed by atoms with Crippen LogP contribution >= 0.6 is 0 Å². The summed E-state index contributed by atoms with van der Waals surface area (Å²) in [5.74, 6) is 0.674. The van der Waals surface area contributed by atoms with Gasteiger partial charge in [-0.15, -0.1) is 0 Å². The minimum absolute atomic E-state index is 0.0585. The molecule has 1 unspecified atom stereocenters. The molecule has 3 fully saturated rings. The molecular weight excluding hydrogens is 292 g/mol. The fourth-order valence-electron chi connectivity index (χ4n) is 6.62. The molecule has 23 heavy (non-hydrogen) atoms. The summed E-state index contributed by atoms with van der Waals surface area (Å²) in [6, 6.07) is 0. The monoisotopic (exact) mass is 322 g/mol. The number of aliphatic hydroxyl groups is 4. The Labute approximate surface area is 138 Å². The van der Waals surface area contributed by atoms with E-state index in [0.717, 1.165) is 25.7 Å². The van der Waals surface area contributed by atoms with Crippen LogP contribution in [0.5, 0.6) is 0 Å². The molecule has 0 radical (unpaired) electrons. The molecule has 4 nitrogen and oxygen atoms in total. The van der Waals surface area contributed by atoms with E-state index >= 15 is 0 Å². The topological polar surface area (TPSA) is 80.9 Å². The van der Waals surface area contributed by atoms with Gasteiger partial charge in [0.25, 0.3) is 0 Å². The Morgan fingerprint density at radius 3 is 2.48 bits per heavy atom. The van der Waals surface area contributed by atoms with Gasteiger partial charge in [0.15, 0.2) is 0 Å². The van der Waals surface area contributed by atoms with Gasteiger partial charge in [-0.2, -0.15) is 0 Å². The highest BCUT2D eigenvalue weighted by molar-refractivity contribution is 5.28. The number of rotatable bonds is 0. The van der Waals surface area contributed by atoms with Crippen LogP contribution in [0.4, 0.5) is 0 Å². The van der Waals surface area contributed by atoms with Crippen molar-refractivity contribution in [2.45, 2.75) is 76.8 Å². The van der Waals surface area contributed by atoms with Gasteiger partial charge in [0.05, 0.1) is 24.4 Å². The fraction of sp³-hybridized carbons (Fsp3) is 0.895. The predicted octanol–water partition coefficient (Wildman–Crippen LogP) is 1.61. The van der Waals surface area contributed by atoms with E-state index < -0.39 is 18.3 Å². The van der Waals surface area contributed by atoms with Gasteiger partial charge in [0, 0.05) is 0 Å². The lowest BCUT2D eigenvalue weighted by atomic mass is 9.47. The van der Waals surface area contributed by atoms with E-state index in [1.54, 1.807) is 0 Å². The molecule has 4 N–H and O–H groups in total. The lowest BCUT2D eigenvalue weighted by molar-refractivity contribution is -0.110. The second-order valence-corrected chi connectivity index (χ2v) is 9.08. The van der Waals surface area contributed by atoms with Crippen molar-refractivity contribution in [1.29, 1.82) is 0 Å². The average Bonchev–Trinajstić information content (AvgIpc) is 2.73. The number of hydrogen-bond donors (Lipinski definition) is 4. The Bertz CT molecular complexity index is 531. The molecule has 0 amide bonds. The van der Waals surface area contributed by atoms with Crippen molar-refractivity contribution in [3.8, 4) is 0 Å². The smallest absolute Gasteiger partial charge is 0.0855 e. The molecule has 0 bridgehead atoms. The average molecular weight is 322 g/mol. The lowest BCUT2D eigenvalue weighted by Crippen LogP contribution is -2.55. The number of aliphatic hydroxyl groups excluding tert-OH is 4. The van der Waals surface area contributed by atoms with Crippen molar-refractivity contribution >= 4 is 0 Å². The minimum atomic E-state index is -0.674. The van der Waals surface area contributed by atoms with Gasteiger partial charge in [-0.3, -0.25) is 0 Å². The molecule has 0 aliphatic heterocycles. The highest BCUT2D eigenvalue weighted by Crippen LogP contribution is 2.64. The molecule has 4 rings (SSSR count). The summed E-state index contributed by atoms with van der Waals surface area (Å²) in [7, 11) is 0. The van der Waals surface area contributed by atoms with Crippen LogP contribution in [0.25, 0.3) is 0 Å². The third kappa shape index (κ3) is 2.05. The van der Waals surface area contributed by atoms with Crippen LogP contribution in [0.2, 0.25) is 0 Å². The van der Waals surface area contributed by atoms with Gasteiger partial charge in [0.2, 0.25) is 0 Å². The zero-order valence-corrected chi connectivity index (χ0v) is 14.2. The van der Waals surface area contributed by atoms with Crippen molar-refractivity contribution in [3.05, 3.63) is 11.6 Å². The Balaban J connectivity index is 1.73. The second-order valence-electron chi connectivity index (χ2n) is 9.08. The van der Waals surface area contributed by atoms with Gasteiger partial charge >= 0.3 is 0 Å². The van der Waals surface area contributed by atoms with Crippen molar-refractivity contribution in [3.63, 3.8) is 0 Å². The van der Waals surface area contributed by atoms with Crippen molar-refractivity contribution in [2.24, 2.45) is 28.6 Å². The van der Waals surface area contributed by atoms with Crippen LogP contribution in [0.15, 0.2) is 11.6 Å². The van der Waals surface area contributed by atoms with E-state index in [0.29, 0.717) is 18.8 Å². The van der Waals surface area contributed by atoms with E-state index in [2.05, 4.69) is 13.8 Å². The zero-order valence-electron chi connectivity index (χ0n) is 14.2. The normalized spacial score (nSPS) is 58.9. The maximum atomic E-state index is 10.9. The lowest BCUT2D eigenvalue weighted by Gasteiger charge is -2.58. The van der Waals surface area contributed by atoms with Gasteiger partial charge in [0.1, 0.15) is 0 Å². The van der Waals surface area contributed by atoms with Gasteiger partial charge in [-0.05, 0) is 67.1 Å². The first-order chi connectivity index (χ1) is 10.8. The van der Waals surface area contributed by atoms with Crippen LogP contribution in [0, 0.1) is 28.6 Å². The quantitative estimate of drug-likeness (QED) is 0.511. The SMILES string of the molecule is C[C@]12CC[C@H]3[C@@H]([C@@H](O)C=C4CC(O)CC[C@@]43C)[C@@H]1C[C@@H](O)[C@@H]2O. The van der Waals surface area contributed by atoms with Crippen LogP contribution in [-0.2, 0) is 0 Å². The van der Waals surface area contributed by atoms with Crippen LogP contribution in [0.1, 0.15) is 52.4 Å². The zero-order chi connectivity index (χ0) is 16.6. The molecule has 0 saturated heterocycles. The molecule has 0 aromatic carbocycles. The summed E-state index contributed by atoms with van der Waals surface area (Å²) in [6.07, 6.45) is 4.85. The van der Waals surface area contributed by atoms with Gasteiger partial charge in [-0.25, -0.2) is 0 Å². The first kappa shape index (κ1) is 16.1. The van der Waals surface area contributed by atoms with Crippen LogP contribution in [0.3, 0.4) is 0 Å². The van der Waals surface area contributed by atoms with Crippen molar-refractivity contribution in [1.82, 2.24) is 0 Å². The van der Waals surface area contributed by atoms with Gasteiger partial charge in [-0.1, -0.05) is 25.5 Å². The molecule has 4 heteroatoms. The van der Waals surface area contributed by atoms with E-state index in [-0.39, 0.29) is 28.8 Å². The number of fused-ring (bicyclic) bond motifs is 5.